The standard InChI is InChI=1S/C42H66O14/c1-19-10-15-41(36(49)50)16-17-42(37(51)52)22(27(41)20(19)2)8-9-25-39(6)13-12-26(38(4,5)24(39)11-14-40(25,42)7)55-34-32(48)30(46)33(21(3)53-34)56-35-31(47)29(45)28(44)23(18-43)54-35/h8,19-21,23-35,43-48H,9-18H2,1-7H3,(H,49,50)(H,51,52)/t19-,20+,21+,23-,24+,25-,26+,27+,28-,29+,30+,31-,32+,33-,34-,35+,39+,40-,41+,42-/m1/s1. The summed E-state index contributed by atoms with van der Waals surface area (Å²) in [6, 6.07) is 0. The number of carboxylic acids is 2. The van der Waals surface area contributed by atoms with E-state index >= 15 is 0 Å². The number of allylic oxidation sites excluding steroid dienone is 1. The van der Waals surface area contributed by atoms with Crippen molar-refractivity contribution in [1.82, 2.24) is 0 Å². The van der Waals surface area contributed by atoms with Gasteiger partial charge in [0.1, 0.15) is 42.7 Å². The van der Waals surface area contributed by atoms with Crippen molar-refractivity contribution < 1.29 is 69.4 Å². The minimum absolute atomic E-state index is 0.0289. The summed E-state index contributed by atoms with van der Waals surface area (Å²) < 4.78 is 24.0. The summed E-state index contributed by atoms with van der Waals surface area (Å²) in [4.78, 5) is 27.0. The lowest BCUT2D eigenvalue weighted by atomic mass is 9.33. The fraction of sp³-hybridized carbons (Fsp3) is 0.905. The van der Waals surface area contributed by atoms with Crippen molar-refractivity contribution in [3.8, 4) is 0 Å². The van der Waals surface area contributed by atoms with E-state index in [1.54, 1.807) is 6.92 Å². The Bertz CT molecular complexity index is 1550. The molecule has 0 aromatic carbocycles. The molecule has 0 bridgehead atoms. The number of fused-ring (bicyclic) bond motifs is 7. The van der Waals surface area contributed by atoms with E-state index in [1.807, 2.05) is 0 Å². The van der Waals surface area contributed by atoms with Crippen molar-refractivity contribution in [3.63, 3.8) is 0 Å². The molecular formula is C42H66O14. The largest absolute Gasteiger partial charge is 0.481 e. The molecule has 6 fully saturated rings. The highest BCUT2D eigenvalue weighted by molar-refractivity contribution is 5.84. The molecule has 7 rings (SSSR count). The number of aliphatic carboxylic acids is 2. The number of rotatable bonds is 7. The van der Waals surface area contributed by atoms with E-state index in [9.17, 15) is 50.4 Å². The van der Waals surface area contributed by atoms with Gasteiger partial charge in [-0.2, -0.15) is 0 Å². The number of carboxylic acid groups (broad SMARTS) is 2. The van der Waals surface area contributed by atoms with Crippen LogP contribution < -0.4 is 0 Å². The third-order valence-corrected chi connectivity index (χ3v) is 17.4. The number of ether oxygens (including phenoxy) is 4. The first-order chi connectivity index (χ1) is 26.1. The number of hydrogen-bond acceptors (Lipinski definition) is 12. The van der Waals surface area contributed by atoms with Gasteiger partial charge in [-0.3, -0.25) is 9.59 Å². The van der Waals surface area contributed by atoms with E-state index in [0.29, 0.717) is 44.4 Å². The molecule has 8 N–H and O–H groups in total. The van der Waals surface area contributed by atoms with Gasteiger partial charge in [0.2, 0.25) is 0 Å². The fourth-order valence-corrected chi connectivity index (χ4v) is 14.0. The van der Waals surface area contributed by atoms with Crippen molar-refractivity contribution in [2.75, 3.05) is 6.61 Å². The Labute approximate surface area is 329 Å². The molecule has 0 unspecified atom stereocenters. The van der Waals surface area contributed by atoms with Gasteiger partial charge in [0, 0.05) is 0 Å². The lowest BCUT2D eigenvalue weighted by Gasteiger charge is -2.70. The molecule has 4 saturated carbocycles. The van der Waals surface area contributed by atoms with Gasteiger partial charge < -0.3 is 59.8 Å². The van der Waals surface area contributed by atoms with Crippen LogP contribution in [-0.2, 0) is 28.5 Å². The van der Waals surface area contributed by atoms with Crippen LogP contribution in [0, 0.1) is 56.7 Å². The fourth-order valence-electron chi connectivity index (χ4n) is 14.0. The van der Waals surface area contributed by atoms with Gasteiger partial charge in [0.15, 0.2) is 12.6 Å². The van der Waals surface area contributed by atoms with E-state index in [1.165, 1.54) is 0 Å². The van der Waals surface area contributed by atoms with Crippen LogP contribution >= 0.6 is 0 Å². The van der Waals surface area contributed by atoms with Gasteiger partial charge >= 0.3 is 11.9 Å². The first-order valence-corrected chi connectivity index (χ1v) is 20.9. The Morgan fingerprint density at radius 1 is 0.750 bits per heavy atom. The molecule has 0 aromatic rings. The Morgan fingerprint density at radius 3 is 2.05 bits per heavy atom. The van der Waals surface area contributed by atoms with E-state index in [-0.39, 0.29) is 35.2 Å². The highest BCUT2D eigenvalue weighted by atomic mass is 16.7. The minimum Gasteiger partial charge on any atom is -0.481 e. The normalized spacial score (nSPS) is 54.1. The highest BCUT2D eigenvalue weighted by Crippen LogP contribution is 2.76. The summed E-state index contributed by atoms with van der Waals surface area (Å²) in [6.45, 7) is 14.1. The zero-order valence-corrected chi connectivity index (χ0v) is 33.9. The second kappa shape index (κ2) is 14.5. The van der Waals surface area contributed by atoms with Crippen molar-refractivity contribution in [1.29, 1.82) is 0 Å². The van der Waals surface area contributed by atoms with Crippen LogP contribution in [0.2, 0.25) is 0 Å². The molecule has 2 aliphatic heterocycles. The first-order valence-electron chi connectivity index (χ1n) is 20.9. The van der Waals surface area contributed by atoms with Gasteiger partial charge in [-0.25, -0.2) is 0 Å². The predicted molar refractivity (Wildman–Crippen MR) is 198 cm³/mol. The van der Waals surface area contributed by atoms with Crippen LogP contribution in [0.25, 0.3) is 0 Å². The predicted octanol–water partition coefficient (Wildman–Crippen LogP) is 2.83. The molecule has 14 heteroatoms. The maximum absolute atomic E-state index is 13.9. The van der Waals surface area contributed by atoms with Gasteiger partial charge in [0.05, 0.1) is 29.6 Å². The smallest absolute Gasteiger partial charge is 0.314 e. The quantitative estimate of drug-likeness (QED) is 0.137. The third kappa shape index (κ3) is 5.85. The summed E-state index contributed by atoms with van der Waals surface area (Å²) in [5.74, 6) is -1.45. The zero-order chi connectivity index (χ0) is 41.1. The molecule has 14 nitrogen and oxygen atoms in total. The molecule has 2 heterocycles. The molecule has 0 amide bonds. The maximum atomic E-state index is 13.9. The summed E-state index contributed by atoms with van der Waals surface area (Å²) in [7, 11) is 0. The summed E-state index contributed by atoms with van der Waals surface area (Å²) >= 11 is 0. The highest BCUT2D eigenvalue weighted by Gasteiger charge is 2.73. The van der Waals surface area contributed by atoms with E-state index in [2.05, 4.69) is 47.6 Å². The van der Waals surface area contributed by atoms with Crippen LogP contribution in [0.3, 0.4) is 0 Å². The molecule has 56 heavy (non-hydrogen) atoms. The van der Waals surface area contributed by atoms with Crippen LogP contribution in [0.5, 0.6) is 0 Å². The maximum Gasteiger partial charge on any atom is 0.314 e. The second-order valence-corrected chi connectivity index (χ2v) is 20.0. The van der Waals surface area contributed by atoms with Crippen LogP contribution in [0.15, 0.2) is 11.6 Å². The SMILES string of the molecule is C[C@H]1[C@H](C)CC[C@]2(C(=O)O)CC[C@]3(C(=O)O)C(=CC[C@@H]4[C@@]5(C)CC[C@H](O[C@H]6O[C@@H](C)[C@@H](O[C@@H]7O[C@H](CO)[C@@H](O)[C@H](O)[C@H]7O)[C@@H](O)[C@@H]6O)C(C)(C)[C@@H]5CC[C@]43C)[C@H]12. The van der Waals surface area contributed by atoms with Crippen LogP contribution in [0.4, 0.5) is 0 Å². The molecular weight excluding hydrogens is 728 g/mol. The van der Waals surface area contributed by atoms with Gasteiger partial charge in [-0.15, -0.1) is 0 Å². The molecule has 0 radical (unpaired) electrons. The van der Waals surface area contributed by atoms with Gasteiger partial charge in [-0.05, 0) is 111 Å². The topological polar surface area (TPSA) is 233 Å². The average molecular weight is 795 g/mol. The average Bonchev–Trinajstić information content (AvgIpc) is 3.14. The van der Waals surface area contributed by atoms with E-state index in [4.69, 9.17) is 18.9 Å². The summed E-state index contributed by atoms with van der Waals surface area (Å²) in [6.07, 6.45) is -6.76. The van der Waals surface area contributed by atoms with Gasteiger partial charge in [0.25, 0.3) is 0 Å². The van der Waals surface area contributed by atoms with Crippen LogP contribution in [0.1, 0.15) is 106 Å². The number of hydrogen-bond donors (Lipinski definition) is 8. The van der Waals surface area contributed by atoms with E-state index in [0.717, 1.165) is 24.8 Å². The Morgan fingerprint density at radius 2 is 1.41 bits per heavy atom. The number of aliphatic hydroxyl groups excluding tert-OH is 6. The molecule has 20 atom stereocenters. The molecule has 0 aromatic heterocycles. The van der Waals surface area contributed by atoms with Crippen LogP contribution in [-0.4, -0.2) is 127 Å². The molecule has 0 spiro atoms. The van der Waals surface area contributed by atoms with Crippen molar-refractivity contribution in [2.45, 2.75) is 174 Å². The van der Waals surface area contributed by atoms with Crippen molar-refractivity contribution >= 4 is 11.9 Å². The minimum atomic E-state index is -1.69. The third-order valence-electron chi connectivity index (χ3n) is 17.4. The van der Waals surface area contributed by atoms with Crippen molar-refractivity contribution in [2.24, 2.45) is 56.7 Å². The number of aliphatic hydroxyl groups is 6. The molecule has 318 valence electrons. The monoisotopic (exact) mass is 794 g/mol. The molecule has 7 aliphatic rings. The summed E-state index contributed by atoms with van der Waals surface area (Å²) in [5.41, 5.74) is -2.55. The Kier molecular flexibility index (Phi) is 11.0. The lowest BCUT2D eigenvalue weighted by molar-refractivity contribution is -0.364. The molecule has 5 aliphatic carbocycles. The van der Waals surface area contributed by atoms with Crippen molar-refractivity contribution in [3.05, 3.63) is 11.6 Å². The Balaban J connectivity index is 1.11. The first kappa shape index (κ1) is 42.4. The number of carbonyl (C=O) groups is 2. The molecule has 2 saturated heterocycles. The second-order valence-electron chi connectivity index (χ2n) is 20.0. The van der Waals surface area contributed by atoms with E-state index < -0.39 is 102 Å². The Hall–Kier alpha value is -1.72. The zero-order valence-electron chi connectivity index (χ0n) is 33.9. The lowest BCUT2D eigenvalue weighted by Crippen LogP contribution is -2.68. The van der Waals surface area contributed by atoms with Gasteiger partial charge in [-0.1, -0.05) is 53.2 Å². The summed E-state index contributed by atoms with van der Waals surface area (Å²) in [5, 5.41) is 85.2.